The SMILES string of the molecule is Cc1cc(C(=O)CNN2CCN(C)CC2)ccc1Cl. The van der Waals surface area contributed by atoms with Crippen LogP contribution in [0.4, 0.5) is 0 Å². The Hall–Kier alpha value is -0.940. The highest BCUT2D eigenvalue weighted by Gasteiger charge is 2.15. The number of hydrazine groups is 1. The third kappa shape index (κ3) is 4.01. The highest BCUT2D eigenvalue weighted by molar-refractivity contribution is 6.31. The minimum absolute atomic E-state index is 0.0960. The zero-order valence-electron chi connectivity index (χ0n) is 11.4. The molecule has 0 bridgehead atoms. The smallest absolute Gasteiger partial charge is 0.178 e. The van der Waals surface area contributed by atoms with E-state index in [9.17, 15) is 4.79 Å². The summed E-state index contributed by atoms with van der Waals surface area (Å²) in [5, 5.41) is 2.81. The quantitative estimate of drug-likeness (QED) is 0.850. The molecule has 1 aromatic rings. The van der Waals surface area contributed by atoms with Crippen LogP contribution >= 0.6 is 11.6 Å². The molecule has 0 unspecified atom stereocenters. The highest BCUT2D eigenvalue weighted by Crippen LogP contribution is 2.16. The molecule has 19 heavy (non-hydrogen) atoms. The van der Waals surface area contributed by atoms with Crippen LogP contribution in [0.1, 0.15) is 15.9 Å². The first-order chi connectivity index (χ1) is 9.06. The molecule has 104 valence electrons. The van der Waals surface area contributed by atoms with E-state index in [0.717, 1.165) is 31.7 Å². The van der Waals surface area contributed by atoms with Gasteiger partial charge in [-0.1, -0.05) is 11.6 Å². The lowest BCUT2D eigenvalue weighted by Gasteiger charge is -2.32. The Morgan fingerprint density at radius 2 is 2.00 bits per heavy atom. The van der Waals surface area contributed by atoms with Gasteiger partial charge in [-0.25, -0.2) is 10.4 Å². The Kier molecular flexibility index (Phi) is 4.93. The summed E-state index contributed by atoms with van der Waals surface area (Å²) in [5.74, 6) is 0.0960. The average Bonchev–Trinajstić information content (AvgIpc) is 2.41. The van der Waals surface area contributed by atoms with Crippen molar-refractivity contribution < 1.29 is 4.79 Å². The van der Waals surface area contributed by atoms with Gasteiger partial charge in [0.1, 0.15) is 0 Å². The van der Waals surface area contributed by atoms with Gasteiger partial charge in [0.15, 0.2) is 5.78 Å². The van der Waals surface area contributed by atoms with Crippen molar-refractivity contribution in [1.29, 1.82) is 0 Å². The summed E-state index contributed by atoms with van der Waals surface area (Å²) < 4.78 is 0. The van der Waals surface area contributed by atoms with Crippen LogP contribution in [0.5, 0.6) is 0 Å². The number of carbonyl (C=O) groups excluding carboxylic acids is 1. The first kappa shape index (κ1) is 14.5. The van der Waals surface area contributed by atoms with Crippen LogP contribution in [-0.2, 0) is 0 Å². The molecule has 2 rings (SSSR count). The topological polar surface area (TPSA) is 35.6 Å². The number of piperazine rings is 1. The van der Waals surface area contributed by atoms with Crippen LogP contribution < -0.4 is 5.43 Å². The molecule has 0 saturated carbocycles. The monoisotopic (exact) mass is 281 g/mol. The van der Waals surface area contributed by atoms with E-state index in [1.807, 2.05) is 13.0 Å². The summed E-state index contributed by atoms with van der Waals surface area (Å²) in [7, 11) is 2.11. The Balaban J connectivity index is 1.85. The van der Waals surface area contributed by atoms with E-state index in [4.69, 9.17) is 11.6 Å². The molecule has 0 aliphatic carbocycles. The van der Waals surface area contributed by atoms with E-state index in [1.165, 1.54) is 0 Å². The van der Waals surface area contributed by atoms with Gasteiger partial charge in [-0.05, 0) is 37.7 Å². The van der Waals surface area contributed by atoms with Gasteiger partial charge in [-0.3, -0.25) is 4.79 Å². The Morgan fingerprint density at radius 1 is 1.32 bits per heavy atom. The minimum Gasteiger partial charge on any atom is -0.304 e. The fourth-order valence-electron chi connectivity index (χ4n) is 2.07. The number of Topliss-reactive ketones (excluding diaryl/α,β-unsaturated/α-hetero) is 1. The van der Waals surface area contributed by atoms with Crippen molar-refractivity contribution >= 4 is 17.4 Å². The number of benzene rings is 1. The molecule has 1 N–H and O–H groups in total. The second-order valence-electron chi connectivity index (χ2n) is 5.01. The number of hydrogen-bond donors (Lipinski definition) is 1. The molecule has 1 aliphatic rings. The van der Waals surface area contributed by atoms with E-state index in [0.29, 0.717) is 17.1 Å². The lowest BCUT2D eigenvalue weighted by molar-refractivity contribution is 0.0838. The minimum atomic E-state index is 0.0960. The number of carbonyl (C=O) groups is 1. The summed E-state index contributed by atoms with van der Waals surface area (Å²) in [5.41, 5.74) is 4.85. The standard InChI is InChI=1S/C14H20ClN3O/c1-11-9-12(3-4-13(11)15)14(19)10-16-18-7-5-17(2)6-8-18/h3-4,9,16H,5-8,10H2,1-2H3. The van der Waals surface area contributed by atoms with Crippen molar-refractivity contribution in [3.63, 3.8) is 0 Å². The maximum Gasteiger partial charge on any atom is 0.178 e. The van der Waals surface area contributed by atoms with E-state index >= 15 is 0 Å². The number of aryl methyl sites for hydroxylation is 1. The van der Waals surface area contributed by atoms with Crippen molar-refractivity contribution in [2.75, 3.05) is 39.8 Å². The van der Waals surface area contributed by atoms with Crippen molar-refractivity contribution in [3.8, 4) is 0 Å². The van der Waals surface area contributed by atoms with Gasteiger partial charge in [0.25, 0.3) is 0 Å². The van der Waals surface area contributed by atoms with Crippen LogP contribution in [-0.4, -0.2) is 55.5 Å². The number of rotatable bonds is 4. The number of hydrogen-bond acceptors (Lipinski definition) is 4. The lowest BCUT2D eigenvalue weighted by Crippen LogP contribution is -2.51. The van der Waals surface area contributed by atoms with Gasteiger partial charge >= 0.3 is 0 Å². The average molecular weight is 282 g/mol. The van der Waals surface area contributed by atoms with Gasteiger partial charge in [-0.2, -0.15) is 0 Å². The number of halogens is 1. The Labute approximate surface area is 119 Å². The maximum absolute atomic E-state index is 12.1. The normalized spacial score (nSPS) is 17.6. The molecule has 1 heterocycles. The third-order valence-electron chi connectivity index (χ3n) is 3.45. The second kappa shape index (κ2) is 6.48. The number of likely N-dealkylation sites (N-methyl/N-ethyl adjacent to an activating group) is 1. The summed E-state index contributed by atoms with van der Waals surface area (Å²) in [6.07, 6.45) is 0. The zero-order valence-corrected chi connectivity index (χ0v) is 12.2. The first-order valence-corrected chi connectivity index (χ1v) is 6.90. The van der Waals surface area contributed by atoms with Crippen molar-refractivity contribution in [2.45, 2.75) is 6.92 Å². The van der Waals surface area contributed by atoms with Crippen LogP contribution in [0, 0.1) is 6.92 Å². The number of nitrogens with zero attached hydrogens (tertiary/aromatic N) is 2. The molecule has 0 aromatic heterocycles. The summed E-state index contributed by atoms with van der Waals surface area (Å²) >= 11 is 5.96. The largest absolute Gasteiger partial charge is 0.304 e. The number of ketones is 1. The van der Waals surface area contributed by atoms with Crippen LogP contribution in [0.2, 0.25) is 5.02 Å². The van der Waals surface area contributed by atoms with E-state index in [2.05, 4.69) is 22.4 Å². The highest BCUT2D eigenvalue weighted by atomic mass is 35.5. The summed E-state index contributed by atoms with van der Waals surface area (Å²) in [4.78, 5) is 14.4. The van der Waals surface area contributed by atoms with Crippen LogP contribution in [0.3, 0.4) is 0 Å². The van der Waals surface area contributed by atoms with Crippen molar-refractivity contribution in [1.82, 2.24) is 15.3 Å². The van der Waals surface area contributed by atoms with Gasteiger partial charge < -0.3 is 4.90 Å². The van der Waals surface area contributed by atoms with Gasteiger partial charge in [-0.15, -0.1) is 0 Å². The summed E-state index contributed by atoms with van der Waals surface area (Å²) in [6, 6.07) is 5.40. The molecular formula is C14H20ClN3O. The summed E-state index contributed by atoms with van der Waals surface area (Å²) in [6.45, 7) is 6.20. The van der Waals surface area contributed by atoms with Crippen LogP contribution in [0.15, 0.2) is 18.2 Å². The molecular weight excluding hydrogens is 262 g/mol. The molecule has 0 atom stereocenters. The van der Waals surface area contributed by atoms with Gasteiger partial charge in [0.2, 0.25) is 0 Å². The fraction of sp³-hybridized carbons (Fsp3) is 0.500. The van der Waals surface area contributed by atoms with E-state index in [1.54, 1.807) is 12.1 Å². The number of nitrogens with one attached hydrogen (secondary N) is 1. The molecule has 1 aliphatic heterocycles. The van der Waals surface area contributed by atoms with Gasteiger partial charge in [0, 0.05) is 36.8 Å². The Bertz CT molecular complexity index is 456. The zero-order chi connectivity index (χ0) is 13.8. The maximum atomic E-state index is 12.1. The molecule has 0 radical (unpaired) electrons. The van der Waals surface area contributed by atoms with E-state index in [-0.39, 0.29) is 5.78 Å². The van der Waals surface area contributed by atoms with Crippen molar-refractivity contribution in [3.05, 3.63) is 34.3 Å². The molecule has 1 fully saturated rings. The van der Waals surface area contributed by atoms with Crippen molar-refractivity contribution in [2.24, 2.45) is 0 Å². The predicted molar refractivity (Wildman–Crippen MR) is 77.6 cm³/mol. The molecule has 4 nitrogen and oxygen atoms in total. The Morgan fingerprint density at radius 3 is 2.63 bits per heavy atom. The van der Waals surface area contributed by atoms with Gasteiger partial charge in [0.05, 0.1) is 6.54 Å². The first-order valence-electron chi connectivity index (χ1n) is 6.52. The molecule has 1 saturated heterocycles. The van der Waals surface area contributed by atoms with E-state index < -0.39 is 0 Å². The molecule has 0 amide bonds. The van der Waals surface area contributed by atoms with Crippen LogP contribution in [0.25, 0.3) is 0 Å². The fourth-order valence-corrected chi connectivity index (χ4v) is 2.19. The predicted octanol–water partition coefficient (Wildman–Crippen LogP) is 1.58. The third-order valence-corrected chi connectivity index (χ3v) is 3.87. The second-order valence-corrected chi connectivity index (χ2v) is 5.42. The molecule has 1 aromatic carbocycles. The molecule has 5 heteroatoms. The molecule has 0 spiro atoms. The lowest BCUT2D eigenvalue weighted by atomic mass is 10.1.